The molecule has 20 heavy (non-hydrogen) atoms. The summed E-state index contributed by atoms with van der Waals surface area (Å²) in [5.74, 6) is 1.19. The minimum absolute atomic E-state index is 0.113. The Balaban J connectivity index is 2.12. The zero-order valence-electron chi connectivity index (χ0n) is 10.6. The Labute approximate surface area is 115 Å². The van der Waals surface area contributed by atoms with Gasteiger partial charge < -0.3 is 9.52 Å². The van der Waals surface area contributed by atoms with Gasteiger partial charge in [-0.05, 0) is 24.3 Å². The fourth-order valence-electron chi connectivity index (χ4n) is 1.99. The second kappa shape index (κ2) is 5.05. The number of hydrogen-bond acceptors (Lipinski definition) is 3. The van der Waals surface area contributed by atoms with Gasteiger partial charge in [-0.2, -0.15) is 0 Å². The van der Waals surface area contributed by atoms with Crippen molar-refractivity contribution < 1.29 is 9.52 Å². The summed E-state index contributed by atoms with van der Waals surface area (Å²) in [4.78, 5) is 11.8. The number of phenols is 1. The maximum absolute atomic E-state index is 11.8. The van der Waals surface area contributed by atoms with Crippen molar-refractivity contribution in [1.82, 2.24) is 0 Å². The molecule has 0 aliphatic rings. The molecule has 0 saturated carbocycles. The van der Waals surface area contributed by atoms with E-state index in [1.807, 2.05) is 30.3 Å². The number of phenolic OH excluding ortho intramolecular Hbond substituents is 1. The van der Waals surface area contributed by atoms with Crippen molar-refractivity contribution in [2.24, 2.45) is 0 Å². The highest BCUT2D eigenvalue weighted by Crippen LogP contribution is 2.25. The lowest BCUT2D eigenvalue weighted by atomic mass is 10.1. The summed E-state index contributed by atoms with van der Waals surface area (Å²) in [5.41, 5.74) is 1.49. The van der Waals surface area contributed by atoms with Gasteiger partial charge in [-0.25, -0.2) is 0 Å². The molecule has 0 radical (unpaired) electrons. The summed E-state index contributed by atoms with van der Waals surface area (Å²) >= 11 is 0. The molecule has 3 nitrogen and oxygen atoms in total. The quantitative estimate of drug-likeness (QED) is 0.768. The van der Waals surface area contributed by atoms with Crippen LogP contribution >= 0.6 is 0 Å². The number of rotatable bonds is 2. The second-order valence-corrected chi connectivity index (χ2v) is 4.43. The summed E-state index contributed by atoms with van der Waals surface area (Å²) in [5, 5.41) is 9.30. The van der Waals surface area contributed by atoms with E-state index < -0.39 is 0 Å². The van der Waals surface area contributed by atoms with E-state index in [4.69, 9.17) is 4.42 Å². The minimum Gasteiger partial charge on any atom is -0.508 e. The zero-order valence-corrected chi connectivity index (χ0v) is 10.6. The molecule has 1 N–H and O–H groups in total. The summed E-state index contributed by atoms with van der Waals surface area (Å²) < 4.78 is 5.79. The second-order valence-electron chi connectivity index (χ2n) is 4.43. The fourth-order valence-corrected chi connectivity index (χ4v) is 1.99. The van der Waals surface area contributed by atoms with E-state index in [-0.39, 0.29) is 11.2 Å². The van der Waals surface area contributed by atoms with Gasteiger partial charge >= 0.3 is 0 Å². The van der Waals surface area contributed by atoms with Gasteiger partial charge in [-0.3, -0.25) is 4.79 Å². The van der Waals surface area contributed by atoms with Crippen LogP contribution in [-0.4, -0.2) is 5.11 Å². The molecule has 0 saturated heterocycles. The Morgan fingerprint density at radius 2 is 1.30 bits per heavy atom. The molecule has 0 amide bonds. The molecule has 2 aromatic carbocycles. The van der Waals surface area contributed by atoms with E-state index in [0.717, 1.165) is 11.1 Å². The topological polar surface area (TPSA) is 50.4 Å². The summed E-state index contributed by atoms with van der Waals surface area (Å²) in [6, 6.07) is 18.9. The third kappa shape index (κ3) is 2.47. The van der Waals surface area contributed by atoms with Crippen molar-refractivity contribution in [1.29, 1.82) is 0 Å². The van der Waals surface area contributed by atoms with E-state index in [1.54, 1.807) is 24.3 Å². The molecule has 3 rings (SSSR count). The molecule has 3 heteroatoms. The molecule has 1 heterocycles. The Kier molecular flexibility index (Phi) is 3.09. The first-order valence-electron chi connectivity index (χ1n) is 6.22. The molecule has 0 aliphatic carbocycles. The third-order valence-electron chi connectivity index (χ3n) is 2.98. The number of aromatic hydroxyl groups is 1. The van der Waals surface area contributed by atoms with Crippen molar-refractivity contribution in [3.63, 3.8) is 0 Å². The SMILES string of the molecule is O=c1cc(-c2ccccc2)oc(-c2ccc(O)cc2)c1. The van der Waals surface area contributed by atoms with Crippen molar-refractivity contribution in [2.75, 3.05) is 0 Å². The summed E-state index contributed by atoms with van der Waals surface area (Å²) in [6.45, 7) is 0. The van der Waals surface area contributed by atoms with Gasteiger partial charge in [0.2, 0.25) is 0 Å². The molecule has 3 aromatic rings. The molecule has 0 fully saturated rings. The Morgan fingerprint density at radius 3 is 1.90 bits per heavy atom. The lowest BCUT2D eigenvalue weighted by molar-refractivity contribution is 0.475. The van der Waals surface area contributed by atoms with Gasteiger partial charge in [0, 0.05) is 23.3 Å². The predicted molar refractivity (Wildman–Crippen MR) is 77.5 cm³/mol. The van der Waals surface area contributed by atoms with Crippen LogP contribution < -0.4 is 5.43 Å². The van der Waals surface area contributed by atoms with Gasteiger partial charge in [0.05, 0.1) is 0 Å². The van der Waals surface area contributed by atoms with E-state index in [1.165, 1.54) is 12.1 Å². The summed E-state index contributed by atoms with van der Waals surface area (Å²) in [7, 11) is 0. The zero-order chi connectivity index (χ0) is 13.9. The van der Waals surface area contributed by atoms with E-state index in [0.29, 0.717) is 11.5 Å². The molecule has 0 unspecified atom stereocenters. The van der Waals surface area contributed by atoms with Crippen LogP contribution in [0.5, 0.6) is 5.75 Å². The lowest BCUT2D eigenvalue weighted by Gasteiger charge is -2.05. The molecule has 98 valence electrons. The highest BCUT2D eigenvalue weighted by molar-refractivity contribution is 5.63. The van der Waals surface area contributed by atoms with Crippen LogP contribution in [0.25, 0.3) is 22.6 Å². The van der Waals surface area contributed by atoms with Gasteiger partial charge in [-0.15, -0.1) is 0 Å². The molecular weight excluding hydrogens is 252 g/mol. The van der Waals surface area contributed by atoms with E-state index in [9.17, 15) is 9.90 Å². The molecule has 1 aromatic heterocycles. The first kappa shape index (κ1) is 12.2. The van der Waals surface area contributed by atoms with Gasteiger partial charge in [0.15, 0.2) is 5.43 Å². The van der Waals surface area contributed by atoms with Crippen molar-refractivity contribution in [3.05, 3.63) is 77.0 Å². The lowest BCUT2D eigenvalue weighted by Crippen LogP contribution is -1.98. The highest BCUT2D eigenvalue weighted by atomic mass is 16.3. The Hall–Kier alpha value is -2.81. The molecular formula is C17H12O3. The average molecular weight is 264 g/mol. The molecule has 0 spiro atoms. The standard InChI is InChI=1S/C17H12O3/c18-14-8-6-13(7-9-14)17-11-15(19)10-16(20-17)12-4-2-1-3-5-12/h1-11,18H. The maximum atomic E-state index is 11.8. The largest absolute Gasteiger partial charge is 0.508 e. The van der Waals surface area contributed by atoms with Gasteiger partial charge in [0.1, 0.15) is 17.3 Å². The van der Waals surface area contributed by atoms with E-state index in [2.05, 4.69) is 0 Å². The Bertz CT molecular complexity index is 771. The maximum Gasteiger partial charge on any atom is 0.186 e. The first-order valence-corrected chi connectivity index (χ1v) is 6.22. The smallest absolute Gasteiger partial charge is 0.186 e. The molecule has 0 bridgehead atoms. The van der Waals surface area contributed by atoms with Gasteiger partial charge in [-0.1, -0.05) is 30.3 Å². The van der Waals surface area contributed by atoms with Crippen LogP contribution in [0.15, 0.2) is 75.9 Å². The van der Waals surface area contributed by atoms with Crippen molar-refractivity contribution >= 4 is 0 Å². The van der Waals surface area contributed by atoms with Crippen LogP contribution in [0.2, 0.25) is 0 Å². The van der Waals surface area contributed by atoms with E-state index >= 15 is 0 Å². The van der Waals surface area contributed by atoms with Crippen LogP contribution in [0.3, 0.4) is 0 Å². The third-order valence-corrected chi connectivity index (χ3v) is 2.98. The highest BCUT2D eigenvalue weighted by Gasteiger charge is 2.06. The van der Waals surface area contributed by atoms with Crippen LogP contribution in [0.4, 0.5) is 0 Å². The number of hydrogen-bond donors (Lipinski definition) is 1. The predicted octanol–water partition coefficient (Wildman–Crippen LogP) is 3.68. The minimum atomic E-state index is -0.113. The molecule has 0 aliphatic heterocycles. The fraction of sp³-hybridized carbons (Fsp3) is 0. The molecule has 0 atom stereocenters. The van der Waals surface area contributed by atoms with Crippen molar-refractivity contribution in [2.45, 2.75) is 0 Å². The average Bonchev–Trinajstić information content (AvgIpc) is 2.48. The summed E-state index contributed by atoms with van der Waals surface area (Å²) in [6.07, 6.45) is 0. The normalized spacial score (nSPS) is 10.4. The number of benzene rings is 2. The van der Waals surface area contributed by atoms with Gasteiger partial charge in [0.25, 0.3) is 0 Å². The van der Waals surface area contributed by atoms with Crippen LogP contribution in [-0.2, 0) is 0 Å². The van der Waals surface area contributed by atoms with Crippen LogP contribution in [0.1, 0.15) is 0 Å². The van der Waals surface area contributed by atoms with Crippen LogP contribution in [0, 0.1) is 0 Å². The first-order chi connectivity index (χ1) is 9.72. The Morgan fingerprint density at radius 1 is 0.750 bits per heavy atom. The monoisotopic (exact) mass is 264 g/mol. The van der Waals surface area contributed by atoms with Crippen molar-refractivity contribution in [3.8, 4) is 28.4 Å².